The van der Waals surface area contributed by atoms with Gasteiger partial charge in [0.2, 0.25) is 0 Å². The van der Waals surface area contributed by atoms with Crippen LogP contribution >= 0.6 is 7.60 Å². The Morgan fingerprint density at radius 2 is 1.69 bits per heavy atom. The number of hydrogen-bond acceptors (Lipinski definition) is 2. The highest BCUT2D eigenvalue weighted by Crippen LogP contribution is 2.43. The molecule has 1 atom stereocenters. The smallest absolute Gasteiger partial charge is 0.324 e. The summed E-state index contributed by atoms with van der Waals surface area (Å²) >= 11 is 0. The Kier molecular flexibility index (Phi) is 9.29. The third-order valence-corrected chi connectivity index (χ3v) is 3.84. The van der Waals surface area contributed by atoms with Gasteiger partial charge in [-0.05, 0) is 12.3 Å². The summed E-state index contributed by atoms with van der Waals surface area (Å²) in [4.78, 5) is 9.50. The SMILES string of the molecule is CCCCCCCCP(=O)(O)OCC(C)C. The van der Waals surface area contributed by atoms with Crippen molar-refractivity contribution in [2.45, 2.75) is 59.3 Å². The molecule has 0 aliphatic heterocycles. The van der Waals surface area contributed by atoms with Crippen LogP contribution in [0, 0.1) is 5.92 Å². The van der Waals surface area contributed by atoms with Gasteiger partial charge in [-0.2, -0.15) is 0 Å². The van der Waals surface area contributed by atoms with Crippen molar-refractivity contribution in [1.82, 2.24) is 0 Å². The minimum absolute atomic E-state index is 0.310. The van der Waals surface area contributed by atoms with Crippen LogP contribution in [-0.2, 0) is 9.09 Å². The van der Waals surface area contributed by atoms with Crippen LogP contribution in [0.4, 0.5) is 0 Å². The van der Waals surface area contributed by atoms with Gasteiger partial charge in [0, 0.05) is 6.16 Å². The molecule has 4 heteroatoms. The van der Waals surface area contributed by atoms with E-state index in [1.54, 1.807) is 0 Å². The average Bonchev–Trinajstić information content (AvgIpc) is 2.21. The lowest BCUT2D eigenvalue weighted by molar-refractivity contribution is 0.229. The lowest BCUT2D eigenvalue weighted by atomic mass is 10.1. The minimum Gasteiger partial charge on any atom is -0.324 e. The number of rotatable bonds is 10. The molecule has 0 aliphatic carbocycles. The maximum Gasteiger partial charge on any atom is 0.328 e. The van der Waals surface area contributed by atoms with Gasteiger partial charge in [0.15, 0.2) is 0 Å². The molecule has 0 fully saturated rings. The van der Waals surface area contributed by atoms with Crippen LogP contribution in [0.1, 0.15) is 59.3 Å². The Balaban J connectivity index is 3.47. The van der Waals surface area contributed by atoms with Crippen molar-refractivity contribution in [1.29, 1.82) is 0 Å². The largest absolute Gasteiger partial charge is 0.328 e. The molecule has 0 saturated heterocycles. The molecular weight excluding hydrogens is 223 g/mol. The predicted octanol–water partition coefficient (Wildman–Crippen LogP) is 4.20. The van der Waals surface area contributed by atoms with Gasteiger partial charge < -0.3 is 9.42 Å². The summed E-state index contributed by atoms with van der Waals surface area (Å²) < 4.78 is 16.6. The first-order chi connectivity index (χ1) is 7.48. The molecule has 0 heterocycles. The van der Waals surface area contributed by atoms with Crippen molar-refractivity contribution >= 4 is 7.60 Å². The topological polar surface area (TPSA) is 46.5 Å². The van der Waals surface area contributed by atoms with E-state index in [0.717, 1.165) is 19.3 Å². The quantitative estimate of drug-likeness (QED) is 0.467. The molecule has 3 nitrogen and oxygen atoms in total. The summed E-state index contributed by atoms with van der Waals surface area (Å²) in [6, 6.07) is 0. The van der Waals surface area contributed by atoms with Gasteiger partial charge in [0.05, 0.1) is 6.61 Å². The zero-order valence-electron chi connectivity index (χ0n) is 10.9. The van der Waals surface area contributed by atoms with Crippen molar-refractivity contribution in [2.24, 2.45) is 5.92 Å². The van der Waals surface area contributed by atoms with E-state index >= 15 is 0 Å². The molecule has 0 saturated carbocycles. The van der Waals surface area contributed by atoms with Gasteiger partial charge in [-0.15, -0.1) is 0 Å². The molecule has 0 aromatic rings. The summed E-state index contributed by atoms with van der Waals surface area (Å²) in [6.07, 6.45) is 7.05. The Morgan fingerprint density at radius 3 is 2.25 bits per heavy atom. The molecule has 0 aromatic carbocycles. The fraction of sp³-hybridized carbons (Fsp3) is 1.00. The van der Waals surface area contributed by atoms with Gasteiger partial charge in [0.25, 0.3) is 0 Å². The zero-order chi connectivity index (χ0) is 12.4. The fourth-order valence-corrected chi connectivity index (χ4v) is 2.71. The molecule has 0 radical (unpaired) electrons. The van der Waals surface area contributed by atoms with Crippen LogP contribution in [0.15, 0.2) is 0 Å². The van der Waals surface area contributed by atoms with Crippen molar-refractivity contribution < 1.29 is 14.0 Å². The van der Waals surface area contributed by atoms with Crippen molar-refractivity contribution in [3.8, 4) is 0 Å². The molecule has 0 bridgehead atoms. The highest BCUT2D eigenvalue weighted by atomic mass is 31.2. The molecule has 0 aliphatic rings. The first kappa shape index (κ1) is 16.1. The lowest BCUT2D eigenvalue weighted by Crippen LogP contribution is -2.02. The second-order valence-corrected chi connectivity index (χ2v) is 6.80. The Hall–Kier alpha value is 0.150. The Bertz CT molecular complexity index is 204. The molecule has 1 N–H and O–H groups in total. The lowest BCUT2D eigenvalue weighted by Gasteiger charge is -2.13. The van der Waals surface area contributed by atoms with E-state index in [1.807, 2.05) is 13.8 Å². The van der Waals surface area contributed by atoms with E-state index < -0.39 is 7.60 Å². The molecule has 0 amide bonds. The molecule has 0 spiro atoms. The van der Waals surface area contributed by atoms with Crippen molar-refractivity contribution in [3.05, 3.63) is 0 Å². The van der Waals surface area contributed by atoms with Crippen LogP contribution in [-0.4, -0.2) is 17.7 Å². The summed E-state index contributed by atoms with van der Waals surface area (Å²) in [6.45, 7) is 6.51. The summed E-state index contributed by atoms with van der Waals surface area (Å²) in [5.41, 5.74) is 0. The highest BCUT2D eigenvalue weighted by molar-refractivity contribution is 7.52. The van der Waals surface area contributed by atoms with Gasteiger partial charge in [-0.1, -0.05) is 52.9 Å². The summed E-state index contributed by atoms with van der Waals surface area (Å²) in [5, 5.41) is 0. The van der Waals surface area contributed by atoms with Crippen LogP contribution in [0.25, 0.3) is 0 Å². The molecular formula is C12H27O3P. The number of unbranched alkanes of at least 4 members (excludes halogenated alkanes) is 5. The van der Waals surface area contributed by atoms with E-state index in [2.05, 4.69) is 6.92 Å². The van der Waals surface area contributed by atoms with Crippen LogP contribution in [0.2, 0.25) is 0 Å². The van der Waals surface area contributed by atoms with E-state index in [0.29, 0.717) is 18.7 Å². The molecule has 1 unspecified atom stereocenters. The standard InChI is InChI=1S/C12H27O3P/c1-4-5-6-7-8-9-10-16(13,14)15-11-12(2)3/h12H,4-11H2,1-3H3,(H,13,14). The van der Waals surface area contributed by atoms with Gasteiger partial charge in [0.1, 0.15) is 0 Å². The maximum absolute atomic E-state index is 11.5. The van der Waals surface area contributed by atoms with Crippen LogP contribution in [0.5, 0.6) is 0 Å². The molecule has 16 heavy (non-hydrogen) atoms. The predicted molar refractivity (Wildman–Crippen MR) is 68.9 cm³/mol. The van der Waals surface area contributed by atoms with Gasteiger partial charge in [-0.3, -0.25) is 4.57 Å². The maximum atomic E-state index is 11.5. The van der Waals surface area contributed by atoms with Crippen molar-refractivity contribution in [3.63, 3.8) is 0 Å². The van der Waals surface area contributed by atoms with E-state index in [1.165, 1.54) is 19.3 Å². The Labute approximate surface area is 100 Å². The second kappa shape index (κ2) is 9.21. The van der Waals surface area contributed by atoms with Gasteiger partial charge in [-0.25, -0.2) is 0 Å². The van der Waals surface area contributed by atoms with Crippen LogP contribution in [0.3, 0.4) is 0 Å². The highest BCUT2D eigenvalue weighted by Gasteiger charge is 2.18. The minimum atomic E-state index is -3.30. The third kappa shape index (κ3) is 10.7. The van der Waals surface area contributed by atoms with Gasteiger partial charge >= 0.3 is 7.60 Å². The van der Waals surface area contributed by atoms with E-state index in [-0.39, 0.29) is 0 Å². The summed E-state index contributed by atoms with van der Waals surface area (Å²) in [7, 11) is -3.30. The van der Waals surface area contributed by atoms with E-state index in [9.17, 15) is 9.46 Å². The third-order valence-electron chi connectivity index (χ3n) is 2.40. The average molecular weight is 250 g/mol. The van der Waals surface area contributed by atoms with E-state index in [4.69, 9.17) is 4.52 Å². The van der Waals surface area contributed by atoms with Crippen LogP contribution < -0.4 is 0 Å². The fourth-order valence-electron chi connectivity index (χ4n) is 1.42. The number of hydrogen-bond donors (Lipinski definition) is 1. The molecule has 0 aromatic heterocycles. The monoisotopic (exact) mass is 250 g/mol. The normalized spacial score (nSPS) is 15.3. The first-order valence-electron chi connectivity index (χ1n) is 6.44. The van der Waals surface area contributed by atoms with Crippen molar-refractivity contribution in [2.75, 3.05) is 12.8 Å². The molecule has 98 valence electrons. The summed E-state index contributed by atoms with van der Waals surface area (Å²) in [5.74, 6) is 0.310. The zero-order valence-corrected chi connectivity index (χ0v) is 11.8. The second-order valence-electron chi connectivity index (χ2n) is 4.82. The molecule has 0 rings (SSSR count). The first-order valence-corrected chi connectivity index (χ1v) is 8.20. The Morgan fingerprint density at radius 1 is 1.12 bits per heavy atom.